The number of carbonyl (C=O) groups excluding carboxylic acids is 1. The van der Waals surface area contributed by atoms with Crippen LogP contribution in [0.2, 0.25) is 0 Å². The zero-order valence-electron chi connectivity index (χ0n) is 15.2. The Hall–Kier alpha value is -3.55. The van der Waals surface area contributed by atoms with Gasteiger partial charge in [-0.3, -0.25) is 19.7 Å². The molecular weight excluding hydrogens is 362 g/mol. The van der Waals surface area contributed by atoms with Crippen LogP contribution in [0.15, 0.2) is 53.6 Å². The lowest BCUT2D eigenvalue weighted by molar-refractivity contribution is -0.385. The van der Waals surface area contributed by atoms with Gasteiger partial charge < -0.3 is 5.11 Å². The number of carbonyl (C=O) groups is 2. The van der Waals surface area contributed by atoms with Gasteiger partial charge in [-0.15, -0.1) is 0 Å². The largest absolute Gasteiger partial charge is 0.481 e. The summed E-state index contributed by atoms with van der Waals surface area (Å²) >= 11 is 0. The molecule has 1 amide bonds. The van der Waals surface area contributed by atoms with Gasteiger partial charge in [0.2, 0.25) is 5.91 Å². The van der Waals surface area contributed by atoms with Crippen molar-refractivity contribution >= 4 is 23.3 Å². The molecule has 2 aromatic carbocycles. The van der Waals surface area contributed by atoms with Gasteiger partial charge in [-0.05, 0) is 18.6 Å². The maximum absolute atomic E-state index is 12.6. The third-order valence-corrected chi connectivity index (χ3v) is 4.59. The molecule has 0 aromatic heterocycles. The molecular formula is C20H19N3O5. The van der Waals surface area contributed by atoms with Crippen molar-refractivity contribution in [1.82, 2.24) is 5.01 Å². The molecule has 8 heteroatoms. The number of para-hydroxylation sites is 1. The molecule has 0 saturated heterocycles. The highest BCUT2D eigenvalue weighted by Gasteiger charge is 2.35. The van der Waals surface area contributed by atoms with E-state index in [-0.39, 0.29) is 18.5 Å². The fourth-order valence-electron chi connectivity index (χ4n) is 3.16. The van der Waals surface area contributed by atoms with Gasteiger partial charge in [0.25, 0.3) is 5.69 Å². The van der Waals surface area contributed by atoms with Gasteiger partial charge in [0.05, 0.1) is 28.7 Å². The molecule has 1 N–H and O–H groups in total. The van der Waals surface area contributed by atoms with Crippen molar-refractivity contribution in [3.8, 4) is 0 Å². The van der Waals surface area contributed by atoms with E-state index in [0.717, 1.165) is 11.1 Å². The van der Waals surface area contributed by atoms with Crippen LogP contribution in [0, 0.1) is 17.0 Å². The topological polar surface area (TPSA) is 113 Å². The molecule has 0 fully saturated rings. The van der Waals surface area contributed by atoms with Crippen LogP contribution >= 0.6 is 0 Å². The normalized spacial score (nSPS) is 16.0. The first-order valence-electron chi connectivity index (χ1n) is 8.78. The lowest BCUT2D eigenvalue weighted by Crippen LogP contribution is -2.27. The van der Waals surface area contributed by atoms with Crippen molar-refractivity contribution in [2.75, 3.05) is 0 Å². The zero-order valence-corrected chi connectivity index (χ0v) is 15.2. The molecule has 0 saturated carbocycles. The molecule has 2 aromatic rings. The summed E-state index contributed by atoms with van der Waals surface area (Å²) in [5, 5.41) is 25.9. The summed E-state index contributed by atoms with van der Waals surface area (Å²) < 4.78 is 0. The number of nitro benzene ring substituents is 1. The van der Waals surface area contributed by atoms with Crippen LogP contribution in [0.5, 0.6) is 0 Å². The Kier molecular flexibility index (Phi) is 5.49. The molecule has 0 unspecified atom stereocenters. The number of hydrogen-bond donors (Lipinski definition) is 1. The molecule has 1 aliphatic heterocycles. The summed E-state index contributed by atoms with van der Waals surface area (Å²) in [4.78, 5) is 34.3. The minimum Gasteiger partial charge on any atom is -0.481 e. The van der Waals surface area contributed by atoms with E-state index in [9.17, 15) is 19.7 Å². The second-order valence-corrected chi connectivity index (χ2v) is 6.58. The molecule has 144 valence electrons. The van der Waals surface area contributed by atoms with Crippen LogP contribution in [-0.4, -0.2) is 32.6 Å². The van der Waals surface area contributed by atoms with Crippen LogP contribution in [0.25, 0.3) is 0 Å². The third-order valence-electron chi connectivity index (χ3n) is 4.59. The van der Waals surface area contributed by atoms with Crippen molar-refractivity contribution < 1.29 is 19.6 Å². The summed E-state index contributed by atoms with van der Waals surface area (Å²) in [7, 11) is 0. The van der Waals surface area contributed by atoms with Crippen LogP contribution in [0.1, 0.15) is 42.0 Å². The van der Waals surface area contributed by atoms with E-state index < -0.39 is 22.8 Å². The van der Waals surface area contributed by atoms with Crippen LogP contribution in [-0.2, 0) is 9.59 Å². The van der Waals surface area contributed by atoms with Gasteiger partial charge >= 0.3 is 5.97 Å². The van der Waals surface area contributed by atoms with Crippen LogP contribution < -0.4 is 0 Å². The van der Waals surface area contributed by atoms with E-state index in [2.05, 4.69) is 5.10 Å². The second-order valence-electron chi connectivity index (χ2n) is 6.58. The monoisotopic (exact) mass is 381 g/mol. The predicted octanol–water partition coefficient (Wildman–Crippen LogP) is 3.45. The highest BCUT2D eigenvalue weighted by molar-refractivity contribution is 6.06. The molecule has 0 aliphatic carbocycles. The van der Waals surface area contributed by atoms with Crippen LogP contribution in [0.3, 0.4) is 0 Å². The summed E-state index contributed by atoms with van der Waals surface area (Å²) in [6.45, 7) is 1.95. The Bertz CT molecular complexity index is 953. The number of carboxylic acids is 1. The molecule has 8 nitrogen and oxygen atoms in total. The number of carboxylic acid groups (broad SMARTS) is 1. The Morgan fingerprint density at radius 2 is 1.86 bits per heavy atom. The summed E-state index contributed by atoms with van der Waals surface area (Å²) in [6.07, 6.45) is -0.176. The highest BCUT2D eigenvalue weighted by atomic mass is 16.6. The van der Waals surface area contributed by atoms with E-state index in [0.29, 0.717) is 17.7 Å². The number of aryl methyl sites for hydroxylation is 1. The fourth-order valence-corrected chi connectivity index (χ4v) is 3.16. The molecule has 0 bridgehead atoms. The Morgan fingerprint density at radius 1 is 1.18 bits per heavy atom. The number of nitro groups is 1. The Labute approximate surface area is 161 Å². The van der Waals surface area contributed by atoms with E-state index in [4.69, 9.17) is 5.11 Å². The first-order chi connectivity index (χ1) is 13.4. The third kappa shape index (κ3) is 4.06. The number of hydrogen-bond acceptors (Lipinski definition) is 5. The fraction of sp³-hybridized carbons (Fsp3) is 0.250. The smallest absolute Gasteiger partial charge is 0.303 e. The van der Waals surface area contributed by atoms with E-state index >= 15 is 0 Å². The SMILES string of the molecule is Cc1ccc([C@@H]2CC(c3ccccc3[N+](=O)[O-])=NN2C(=O)CCC(=O)O)cc1. The maximum atomic E-state index is 12.6. The highest BCUT2D eigenvalue weighted by Crippen LogP contribution is 2.35. The summed E-state index contributed by atoms with van der Waals surface area (Å²) in [5.74, 6) is -1.50. The standard InChI is InChI=1S/C20H19N3O5/c1-13-6-8-14(9-7-13)18-12-16(15-4-2-3-5-17(15)23(27)28)21-22(18)19(24)10-11-20(25)26/h2-9,18H,10-12H2,1H3,(H,25,26)/t18-/m0/s1. The minimum atomic E-state index is -1.07. The minimum absolute atomic E-state index is 0.0799. The van der Waals surface area contributed by atoms with E-state index in [1.54, 1.807) is 18.2 Å². The molecule has 0 radical (unpaired) electrons. The molecule has 1 heterocycles. The number of aliphatic carboxylic acids is 1. The zero-order chi connectivity index (χ0) is 20.3. The lowest BCUT2D eigenvalue weighted by Gasteiger charge is -2.22. The Balaban J connectivity index is 1.98. The molecule has 3 rings (SSSR count). The van der Waals surface area contributed by atoms with Crippen LogP contribution in [0.4, 0.5) is 5.69 Å². The lowest BCUT2D eigenvalue weighted by atomic mass is 9.97. The van der Waals surface area contributed by atoms with Gasteiger partial charge in [0.1, 0.15) is 0 Å². The van der Waals surface area contributed by atoms with Crippen molar-refractivity contribution in [3.05, 3.63) is 75.3 Å². The van der Waals surface area contributed by atoms with Gasteiger partial charge in [-0.25, -0.2) is 5.01 Å². The first kappa shape index (κ1) is 19.2. The number of rotatable bonds is 6. The Morgan fingerprint density at radius 3 is 2.50 bits per heavy atom. The summed E-state index contributed by atoms with van der Waals surface area (Å²) in [6, 6.07) is 13.4. The predicted molar refractivity (Wildman–Crippen MR) is 102 cm³/mol. The molecule has 1 aliphatic rings. The van der Waals surface area contributed by atoms with Crippen molar-refractivity contribution in [1.29, 1.82) is 0 Å². The quantitative estimate of drug-likeness (QED) is 0.608. The first-order valence-corrected chi connectivity index (χ1v) is 8.78. The van der Waals surface area contributed by atoms with E-state index in [1.807, 2.05) is 31.2 Å². The van der Waals surface area contributed by atoms with Gasteiger partial charge in [0.15, 0.2) is 0 Å². The van der Waals surface area contributed by atoms with Crippen molar-refractivity contribution in [2.24, 2.45) is 5.10 Å². The van der Waals surface area contributed by atoms with Crippen molar-refractivity contribution in [3.63, 3.8) is 0 Å². The van der Waals surface area contributed by atoms with Crippen molar-refractivity contribution in [2.45, 2.75) is 32.2 Å². The second kappa shape index (κ2) is 7.99. The number of benzene rings is 2. The van der Waals surface area contributed by atoms with Gasteiger partial charge in [0, 0.05) is 18.9 Å². The average molecular weight is 381 g/mol. The molecule has 0 spiro atoms. The molecule has 28 heavy (non-hydrogen) atoms. The van der Waals surface area contributed by atoms with Gasteiger partial charge in [-0.2, -0.15) is 5.10 Å². The number of hydrazone groups is 1. The maximum Gasteiger partial charge on any atom is 0.303 e. The number of amides is 1. The van der Waals surface area contributed by atoms with E-state index in [1.165, 1.54) is 11.1 Å². The number of nitrogens with zero attached hydrogens (tertiary/aromatic N) is 3. The van der Waals surface area contributed by atoms with Gasteiger partial charge in [-0.1, -0.05) is 42.0 Å². The molecule has 1 atom stereocenters. The summed E-state index contributed by atoms with van der Waals surface area (Å²) in [5.41, 5.74) is 2.61. The average Bonchev–Trinajstić information content (AvgIpc) is 3.12.